The molecule has 0 aliphatic heterocycles. The number of rotatable bonds is 8. The molecule has 0 aliphatic rings. The molecule has 19 heavy (non-hydrogen) atoms. The molecule has 106 valence electrons. The van der Waals surface area contributed by atoms with E-state index in [1.807, 2.05) is 14.1 Å². The largest absolute Gasteiger partial charge is 0.488 e. The molecule has 0 unspecified atom stereocenters. The Kier molecular flexibility index (Phi) is 6.52. The Morgan fingerprint density at radius 1 is 1.53 bits per heavy atom. The van der Waals surface area contributed by atoms with Crippen molar-refractivity contribution >= 4 is 17.2 Å². The highest BCUT2D eigenvalue weighted by atomic mass is 32.1. The average molecular weight is 283 g/mol. The number of ether oxygens (including phenoxy) is 1. The quantitative estimate of drug-likeness (QED) is 0.566. The number of thiocarbonyl (C=S) groups is 1. The summed E-state index contributed by atoms with van der Waals surface area (Å²) in [4.78, 5) is 14.5. The molecule has 0 bridgehead atoms. The topological polar surface area (TPSA) is 60.5 Å². The molecule has 0 atom stereocenters. The van der Waals surface area contributed by atoms with Crippen LogP contribution in [0, 0.1) is 0 Å². The fourth-order valence-electron chi connectivity index (χ4n) is 1.59. The van der Waals surface area contributed by atoms with Crippen LogP contribution in [-0.2, 0) is 6.54 Å². The second-order valence-corrected chi connectivity index (χ2v) is 5.12. The minimum atomic E-state index is -0.136. The lowest BCUT2D eigenvalue weighted by molar-refractivity contribution is 0.277. The Balaban J connectivity index is 2.57. The van der Waals surface area contributed by atoms with Crippen molar-refractivity contribution in [3.05, 3.63) is 28.7 Å². The normalized spacial score (nSPS) is 10.7. The summed E-state index contributed by atoms with van der Waals surface area (Å²) >= 11 is 4.81. The van der Waals surface area contributed by atoms with Crippen molar-refractivity contribution in [3.63, 3.8) is 0 Å². The molecule has 0 fully saturated rings. The van der Waals surface area contributed by atoms with Crippen LogP contribution in [0.3, 0.4) is 0 Å². The van der Waals surface area contributed by atoms with Gasteiger partial charge >= 0.3 is 0 Å². The van der Waals surface area contributed by atoms with Crippen LogP contribution in [0.4, 0.5) is 0 Å². The lowest BCUT2D eigenvalue weighted by Crippen LogP contribution is -2.24. The first-order valence-electron chi connectivity index (χ1n) is 6.26. The maximum Gasteiger partial charge on any atom is 0.292 e. The van der Waals surface area contributed by atoms with Gasteiger partial charge in [-0.05, 0) is 32.6 Å². The molecule has 0 aliphatic carbocycles. The first-order chi connectivity index (χ1) is 9.00. The van der Waals surface area contributed by atoms with Crippen LogP contribution >= 0.6 is 12.2 Å². The van der Waals surface area contributed by atoms with E-state index in [1.165, 1.54) is 0 Å². The molecule has 5 nitrogen and oxygen atoms in total. The molecule has 0 radical (unpaired) electrons. The lowest BCUT2D eigenvalue weighted by atomic mass is 10.3. The number of hydrogen-bond donors (Lipinski definition) is 1. The van der Waals surface area contributed by atoms with Gasteiger partial charge < -0.3 is 19.9 Å². The van der Waals surface area contributed by atoms with Crippen LogP contribution in [0.25, 0.3) is 0 Å². The molecular weight excluding hydrogens is 262 g/mol. The average Bonchev–Trinajstić information content (AvgIpc) is 2.34. The molecule has 1 aromatic rings. The van der Waals surface area contributed by atoms with Crippen molar-refractivity contribution in [2.45, 2.75) is 19.4 Å². The molecule has 1 aromatic heterocycles. The van der Waals surface area contributed by atoms with E-state index in [9.17, 15) is 4.79 Å². The highest BCUT2D eigenvalue weighted by Crippen LogP contribution is 2.03. The molecule has 2 N–H and O–H groups in total. The Labute approximate surface area is 119 Å². The maximum atomic E-state index is 12.1. The van der Waals surface area contributed by atoms with Gasteiger partial charge in [0.15, 0.2) is 5.75 Å². The van der Waals surface area contributed by atoms with Crippen LogP contribution in [0.2, 0.25) is 0 Å². The summed E-state index contributed by atoms with van der Waals surface area (Å²) in [5, 5.41) is 0. The summed E-state index contributed by atoms with van der Waals surface area (Å²) in [5.41, 5.74) is 5.30. The Morgan fingerprint density at radius 2 is 2.26 bits per heavy atom. The first kappa shape index (κ1) is 15.7. The molecule has 0 amide bonds. The van der Waals surface area contributed by atoms with Crippen LogP contribution in [0.1, 0.15) is 12.8 Å². The second kappa shape index (κ2) is 7.91. The number of nitrogens with zero attached hydrogens (tertiary/aromatic N) is 2. The van der Waals surface area contributed by atoms with E-state index < -0.39 is 0 Å². The van der Waals surface area contributed by atoms with Crippen molar-refractivity contribution in [1.82, 2.24) is 9.47 Å². The molecule has 1 heterocycles. The Hall–Kier alpha value is -1.40. The van der Waals surface area contributed by atoms with E-state index in [0.717, 1.165) is 13.0 Å². The number of aromatic nitrogens is 1. The van der Waals surface area contributed by atoms with Gasteiger partial charge in [0.05, 0.1) is 11.6 Å². The van der Waals surface area contributed by atoms with Crippen molar-refractivity contribution in [3.8, 4) is 5.75 Å². The standard InChI is InChI=1S/C13H21N3O2S/c1-15(2)7-4-10-18-11-5-3-8-16(13(11)17)9-6-12(14)19/h3,5,8H,4,6-7,9-10H2,1-2H3,(H2,14,19). The number of hydrogen-bond acceptors (Lipinski definition) is 4. The van der Waals surface area contributed by atoms with Gasteiger partial charge in [0, 0.05) is 25.7 Å². The van der Waals surface area contributed by atoms with Gasteiger partial charge in [0.25, 0.3) is 5.56 Å². The number of nitrogens with two attached hydrogens (primary N) is 1. The van der Waals surface area contributed by atoms with Crippen LogP contribution in [0.5, 0.6) is 5.75 Å². The van der Waals surface area contributed by atoms with E-state index in [1.54, 1.807) is 22.9 Å². The summed E-state index contributed by atoms with van der Waals surface area (Å²) in [6.45, 7) is 1.96. The highest BCUT2D eigenvalue weighted by molar-refractivity contribution is 7.80. The monoisotopic (exact) mass is 283 g/mol. The second-order valence-electron chi connectivity index (χ2n) is 4.59. The SMILES string of the molecule is CN(C)CCCOc1cccn(CCC(N)=S)c1=O. The third-order valence-electron chi connectivity index (χ3n) is 2.59. The summed E-state index contributed by atoms with van der Waals surface area (Å²) in [5.74, 6) is 0.379. The van der Waals surface area contributed by atoms with Crippen molar-refractivity contribution in [1.29, 1.82) is 0 Å². The molecule has 1 rings (SSSR count). The van der Waals surface area contributed by atoms with Gasteiger partial charge in [-0.1, -0.05) is 12.2 Å². The van der Waals surface area contributed by atoms with Crippen molar-refractivity contribution in [2.24, 2.45) is 5.73 Å². The van der Waals surface area contributed by atoms with Gasteiger partial charge in [-0.3, -0.25) is 4.79 Å². The summed E-state index contributed by atoms with van der Waals surface area (Å²) in [7, 11) is 4.01. The third-order valence-corrected chi connectivity index (χ3v) is 2.80. The van der Waals surface area contributed by atoms with E-state index in [0.29, 0.717) is 30.3 Å². The summed E-state index contributed by atoms with van der Waals surface area (Å²) < 4.78 is 7.08. The predicted molar refractivity (Wildman–Crippen MR) is 80.8 cm³/mol. The molecule has 0 saturated heterocycles. The van der Waals surface area contributed by atoms with Gasteiger partial charge in [-0.15, -0.1) is 0 Å². The summed E-state index contributed by atoms with van der Waals surface area (Å²) in [6.07, 6.45) is 3.11. The lowest BCUT2D eigenvalue weighted by Gasteiger charge is -2.11. The highest BCUT2D eigenvalue weighted by Gasteiger charge is 2.04. The Bertz CT molecular complexity index is 471. The molecule has 0 saturated carbocycles. The smallest absolute Gasteiger partial charge is 0.292 e. The van der Waals surface area contributed by atoms with E-state index in [2.05, 4.69) is 4.90 Å². The van der Waals surface area contributed by atoms with Crippen molar-refractivity contribution in [2.75, 3.05) is 27.2 Å². The third kappa shape index (κ3) is 5.85. The maximum absolute atomic E-state index is 12.1. The van der Waals surface area contributed by atoms with Gasteiger partial charge in [-0.2, -0.15) is 0 Å². The first-order valence-corrected chi connectivity index (χ1v) is 6.67. The number of aryl methyl sites for hydroxylation is 1. The van der Waals surface area contributed by atoms with E-state index >= 15 is 0 Å². The summed E-state index contributed by atoms with van der Waals surface area (Å²) in [6, 6.07) is 3.48. The minimum absolute atomic E-state index is 0.136. The zero-order valence-corrected chi connectivity index (χ0v) is 12.3. The zero-order chi connectivity index (χ0) is 14.3. The van der Waals surface area contributed by atoms with E-state index in [4.69, 9.17) is 22.7 Å². The van der Waals surface area contributed by atoms with Gasteiger partial charge in [0.1, 0.15) is 0 Å². The van der Waals surface area contributed by atoms with Gasteiger partial charge in [-0.25, -0.2) is 0 Å². The molecule has 6 heteroatoms. The fraction of sp³-hybridized carbons (Fsp3) is 0.538. The molecule has 0 aromatic carbocycles. The molecule has 0 spiro atoms. The van der Waals surface area contributed by atoms with Crippen LogP contribution in [-0.4, -0.2) is 41.7 Å². The minimum Gasteiger partial charge on any atom is -0.488 e. The van der Waals surface area contributed by atoms with Gasteiger partial charge in [0.2, 0.25) is 0 Å². The van der Waals surface area contributed by atoms with E-state index in [-0.39, 0.29) is 5.56 Å². The predicted octanol–water partition coefficient (Wildman–Crippen LogP) is 0.855. The fourth-order valence-corrected chi connectivity index (χ4v) is 1.69. The van der Waals surface area contributed by atoms with Crippen molar-refractivity contribution < 1.29 is 4.74 Å². The number of pyridine rings is 1. The van der Waals surface area contributed by atoms with Crippen LogP contribution < -0.4 is 16.0 Å². The Morgan fingerprint density at radius 3 is 2.89 bits per heavy atom. The zero-order valence-electron chi connectivity index (χ0n) is 11.5. The molecular formula is C13H21N3O2S. The van der Waals surface area contributed by atoms with Crippen LogP contribution in [0.15, 0.2) is 23.1 Å².